The molecular formula is C7H18N2O. The molecule has 0 aliphatic carbocycles. The highest BCUT2D eigenvalue weighted by molar-refractivity contribution is 4.61. The second-order valence-corrected chi connectivity index (χ2v) is 2.69. The molecule has 5 N–H and O–H groups in total. The van der Waals surface area contributed by atoms with Crippen LogP contribution in [0.5, 0.6) is 0 Å². The van der Waals surface area contributed by atoms with E-state index in [9.17, 15) is 0 Å². The lowest BCUT2D eigenvalue weighted by Crippen LogP contribution is -2.32. The molecule has 10 heavy (non-hydrogen) atoms. The lowest BCUT2D eigenvalue weighted by Gasteiger charge is -2.14. The van der Waals surface area contributed by atoms with Gasteiger partial charge in [-0.25, -0.2) is 0 Å². The van der Waals surface area contributed by atoms with E-state index in [0.717, 1.165) is 19.3 Å². The van der Waals surface area contributed by atoms with Crippen molar-refractivity contribution in [3.05, 3.63) is 0 Å². The van der Waals surface area contributed by atoms with Crippen molar-refractivity contribution in [1.82, 2.24) is 0 Å². The Balaban J connectivity index is 3.39. The lowest BCUT2D eigenvalue weighted by molar-refractivity contribution is 0.244. The normalized spacial score (nSPS) is 14.1. The van der Waals surface area contributed by atoms with E-state index in [4.69, 9.17) is 16.6 Å². The van der Waals surface area contributed by atoms with Gasteiger partial charge >= 0.3 is 0 Å². The molecule has 0 bridgehead atoms. The molecule has 0 aromatic carbocycles. The van der Waals surface area contributed by atoms with Crippen LogP contribution in [0.25, 0.3) is 0 Å². The van der Waals surface area contributed by atoms with Crippen LogP contribution in [-0.2, 0) is 0 Å². The first-order valence-electron chi connectivity index (χ1n) is 3.82. The van der Waals surface area contributed by atoms with Gasteiger partial charge in [-0.2, -0.15) is 0 Å². The molecule has 0 radical (unpaired) electrons. The fraction of sp³-hybridized carbons (Fsp3) is 1.00. The van der Waals surface area contributed by atoms with E-state index in [1.807, 2.05) is 0 Å². The molecular weight excluding hydrogens is 128 g/mol. The van der Waals surface area contributed by atoms with Gasteiger partial charge in [-0.3, -0.25) is 0 Å². The Labute approximate surface area is 62.4 Å². The summed E-state index contributed by atoms with van der Waals surface area (Å²) >= 11 is 0. The van der Waals surface area contributed by atoms with Crippen molar-refractivity contribution in [3.63, 3.8) is 0 Å². The average Bonchev–Trinajstić information content (AvgIpc) is 1.86. The predicted octanol–water partition coefficient (Wildman–Crippen LogP) is 0.0286. The quantitative estimate of drug-likeness (QED) is 0.479. The Kier molecular flexibility index (Phi) is 5.58. The number of nitrogens with two attached hydrogens (primary N) is 2. The van der Waals surface area contributed by atoms with Gasteiger partial charge in [0.05, 0.1) is 6.17 Å². The molecule has 1 unspecified atom stereocenters. The highest BCUT2D eigenvalue weighted by Gasteiger charge is 2.07. The van der Waals surface area contributed by atoms with E-state index in [1.165, 1.54) is 0 Å². The Morgan fingerprint density at radius 3 is 2.30 bits per heavy atom. The van der Waals surface area contributed by atoms with Crippen LogP contribution in [0.4, 0.5) is 0 Å². The Morgan fingerprint density at radius 1 is 1.40 bits per heavy atom. The summed E-state index contributed by atoms with van der Waals surface area (Å²) in [6.45, 7) is 2.33. The summed E-state index contributed by atoms with van der Waals surface area (Å²) in [6, 6.07) is 0. The van der Waals surface area contributed by atoms with Gasteiger partial charge in [0.1, 0.15) is 0 Å². The third-order valence-corrected chi connectivity index (χ3v) is 1.72. The standard InChI is InChI=1S/C7H18N2O/c1-2-6(3-4-10)5-7(8)9/h6-7,10H,2-5,8-9H2,1H3. The molecule has 0 heterocycles. The van der Waals surface area contributed by atoms with Gasteiger partial charge in [-0.05, 0) is 18.8 Å². The SMILES string of the molecule is CCC(CCO)CC(N)N. The molecule has 0 aliphatic heterocycles. The lowest BCUT2D eigenvalue weighted by atomic mass is 9.98. The maximum Gasteiger partial charge on any atom is 0.0523 e. The van der Waals surface area contributed by atoms with Crippen molar-refractivity contribution in [2.24, 2.45) is 17.4 Å². The second kappa shape index (κ2) is 5.65. The molecule has 0 saturated heterocycles. The van der Waals surface area contributed by atoms with Crippen molar-refractivity contribution < 1.29 is 5.11 Å². The first-order chi connectivity index (χ1) is 4.70. The van der Waals surface area contributed by atoms with Crippen LogP contribution in [0.1, 0.15) is 26.2 Å². The Morgan fingerprint density at radius 2 is 2.00 bits per heavy atom. The van der Waals surface area contributed by atoms with E-state index in [1.54, 1.807) is 0 Å². The van der Waals surface area contributed by atoms with E-state index < -0.39 is 0 Å². The van der Waals surface area contributed by atoms with E-state index in [-0.39, 0.29) is 12.8 Å². The van der Waals surface area contributed by atoms with Crippen LogP contribution >= 0.6 is 0 Å². The van der Waals surface area contributed by atoms with Crippen LogP contribution in [0.3, 0.4) is 0 Å². The second-order valence-electron chi connectivity index (χ2n) is 2.69. The van der Waals surface area contributed by atoms with Gasteiger partial charge in [0, 0.05) is 6.61 Å². The fourth-order valence-corrected chi connectivity index (χ4v) is 1.06. The minimum absolute atomic E-state index is 0.225. The average molecular weight is 146 g/mol. The molecule has 0 amide bonds. The summed E-state index contributed by atoms with van der Waals surface area (Å²) in [5.41, 5.74) is 10.8. The first kappa shape index (κ1) is 9.88. The third-order valence-electron chi connectivity index (χ3n) is 1.72. The summed E-state index contributed by atoms with van der Waals surface area (Å²) in [7, 11) is 0. The van der Waals surface area contributed by atoms with Crippen LogP contribution in [0.2, 0.25) is 0 Å². The number of rotatable bonds is 5. The summed E-state index contributed by atoms with van der Waals surface area (Å²) in [4.78, 5) is 0. The van der Waals surface area contributed by atoms with Crippen LogP contribution in [-0.4, -0.2) is 17.9 Å². The zero-order valence-electron chi connectivity index (χ0n) is 6.59. The van der Waals surface area contributed by atoms with Gasteiger partial charge in [-0.1, -0.05) is 13.3 Å². The molecule has 1 atom stereocenters. The minimum atomic E-state index is -0.225. The van der Waals surface area contributed by atoms with Crippen molar-refractivity contribution in [3.8, 4) is 0 Å². The van der Waals surface area contributed by atoms with E-state index in [2.05, 4.69) is 6.92 Å². The monoisotopic (exact) mass is 146 g/mol. The summed E-state index contributed by atoms with van der Waals surface area (Å²) in [6.07, 6.45) is 2.46. The van der Waals surface area contributed by atoms with Crippen molar-refractivity contribution >= 4 is 0 Å². The zero-order valence-corrected chi connectivity index (χ0v) is 6.59. The maximum absolute atomic E-state index is 8.60. The number of hydrogen-bond donors (Lipinski definition) is 3. The molecule has 0 rings (SSSR count). The molecule has 0 spiro atoms. The van der Waals surface area contributed by atoms with Gasteiger partial charge in [-0.15, -0.1) is 0 Å². The van der Waals surface area contributed by atoms with Crippen LogP contribution in [0, 0.1) is 5.92 Å². The van der Waals surface area contributed by atoms with Crippen molar-refractivity contribution in [2.45, 2.75) is 32.4 Å². The molecule has 0 aromatic heterocycles. The topological polar surface area (TPSA) is 72.3 Å². The zero-order chi connectivity index (χ0) is 7.98. The molecule has 3 heteroatoms. The van der Waals surface area contributed by atoms with Gasteiger partial charge in [0.2, 0.25) is 0 Å². The van der Waals surface area contributed by atoms with Gasteiger partial charge < -0.3 is 16.6 Å². The number of hydrogen-bond acceptors (Lipinski definition) is 3. The predicted molar refractivity (Wildman–Crippen MR) is 42.3 cm³/mol. The van der Waals surface area contributed by atoms with Gasteiger partial charge in [0.25, 0.3) is 0 Å². The number of aliphatic hydroxyl groups excluding tert-OH is 1. The summed E-state index contributed by atoms with van der Waals surface area (Å²) in [5.74, 6) is 0.491. The van der Waals surface area contributed by atoms with Gasteiger partial charge in [0.15, 0.2) is 0 Å². The van der Waals surface area contributed by atoms with E-state index in [0.29, 0.717) is 5.92 Å². The molecule has 0 aromatic rings. The van der Waals surface area contributed by atoms with Crippen molar-refractivity contribution in [2.75, 3.05) is 6.61 Å². The Hall–Kier alpha value is -0.120. The third kappa shape index (κ3) is 4.73. The molecule has 0 saturated carbocycles. The Bertz CT molecular complexity index is 76.0. The van der Waals surface area contributed by atoms with Crippen LogP contribution in [0.15, 0.2) is 0 Å². The fourth-order valence-electron chi connectivity index (χ4n) is 1.06. The highest BCUT2D eigenvalue weighted by Crippen LogP contribution is 2.11. The highest BCUT2D eigenvalue weighted by atomic mass is 16.3. The minimum Gasteiger partial charge on any atom is -0.396 e. The summed E-state index contributed by atoms with van der Waals surface area (Å²) < 4.78 is 0. The van der Waals surface area contributed by atoms with Crippen molar-refractivity contribution in [1.29, 1.82) is 0 Å². The summed E-state index contributed by atoms with van der Waals surface area (Å²) in [5, 5.41) is 8.60. The first-order valence-corrected chi connectivity index (χ1v) is 3.82. The molecule has 0 fully saturated rings. The smallest absolute Gasteiger partial charge is 0.0523 e. The molecule has 0 aliphatic rings. The van der Waals surface area contributed by atoms with E-state index >= 15 is 0 Å². The number of aliphatic hydroxyl groups is 1. The maximum atomic E-state index is 8.60. The molecule has 62 valence electrons. The van der Waals surface area contributed by atoms with Crippen LogP contribution < -0.4 is 11.5 Å². The largest absolute Gasteiger partial charge is 0.396 e. The molecule has 3 nitrogen and oxygen atoms in total.